The van der Waals surface area contributed by atoms with Gasteiger partial charge in [-0.2, -0.15) is 0 Å². The van der Waals surface area contributed by atoms with Gasteiger partial charge in [0.2, 0.25) is 11.8 Å². The molecule has 0 saturated heterocycles. The number of hydrogen-bond donors (Lipinski definition) is 2. The minimum Gasteiger partial charge on any atom is -0.350 e. The van der Waals surface area contributed by atoms with E-state index in [0.717, 1.165) is 4.88 Å². The van der Waals surface area contributed by atoms with Gasteiger partial charge in [-0.3, -0.25) is 9.59 Å². The number of rotatable bonds is 4. The van der Waals surface area contributed by atoms with Crippen molar-refractivity contribution in [3.8, 4) is 0 Å². The van der Waals surface area contributed by atoms with Crippen LogP contribution in [0.2, 0.25) is 0 Å². The van der Waals surface area contributed by atoms with E-state index in [1.165, 1.54) is 6.92 Å². The van der Waals surface area contributed by atoms with E-state index in [1.807, 2.05) is 17.5 Å². The lowest BCUT2D eigenvalue weighted by Gasteiger charge is -2.03. The third-order valence-electron chi connectivity index (χ3n) is 1.54. The summed E-state index contributed by atoms with van der Waals surface area (Å²) in [6.07, 6.45) is 0. The molecule has 0 unspecified atom stereocenters. The van der Waals surface area contributed by atoms with Crippen molar-refractivity contribution < 1.29 is 9.59 Å². The van der Waals surface area contributed by atoms with Gasteiger partial charge in [-0.1, -0.05) is 6.07 Å². The van der Waals surface area contributed by atoms with Crippen molar-refractivity contribution in [3.63, 3.8) is 0 Å². The van der Waals surface area contributed by atoms with Crippen LogP contribution < -0.4 is 10.6 Å². The molecule has 2 N–H and O–H groups in total. The third kappa shape index (κ3) is 4.04. The van der Waals surface area contributed by atoms with Gasteiger partial charge in [-0.05, 0) is 11.4 Å². The van der Waals surface area contributed by atoms with Gasteiger partial charge in [0.1, 0.15) is 0 Å². The Morgan fingerprint density at radius 1 is 1.43 bits per heavy atom. The molecule has 1 aromatic heterocycles. The van der Waals surface area contributed by atoms with Crippen LogP contribution in [-0.2, 0) is 16.1 Å². The predicted molar refractivity (Wildman–Crippen MR) is 54.8 cm³/mol. The summed E-state index contributed by atoms with van der Waals surface area (Å²) >= 11 is 1.59. The Balaban J connectivity index is 2.18. The van der Waals surface area contributed by atoms with Crippen molar-refractivity contribution in [1.82, 2.24) is 10.6 Å². The van der Waals surface area contributed by atoms with Crippen molar-refractivity contribution in [2.24, 2.45) is 0 Å². The number of carbonyl (C=O) groups excluding carboxylic acids is 2. The van der Waals surface area contributed by atoms with Crippen molar-refractivity contribution >= 4 is 23.2 Å². The molecule has 0 atom stereocenters. The second-order valence-corrected chi connectivity index (χ2v) is 3.80. The van der Waals surface area contributed by atoms with E-state index in [1.54, 1.807) is 11.3 Å². The maximum absolute atomic E-state index is 11.1. The Hall–Kier alpha value is -1.36. The Labute approximate surface area is 86.3 Å². The minimum atomic E-state index is -0.198. The standard InChI is InChI=1S/C9H12N2O2S/c1-7(12)10-6-9(13)11-5-8-3-2-4-14-8/h2-4H,5-6H2,1H3,(H,10,12)(H,11,13). The van der Waals surface area contributed by atoms with E-state index in [2.05, 4.69) is 10.6 Å². The molecular weight excluding hydrogens is 200 g/mol. The van der Waals surface area contributed by atoms with Gasteiger partial charge in [0.15, 0.2) is 0 Å². The van der Waals surface area contributed by atoms with Gasteiger partial charge in [-0.25, -0.2) is 0 Å². The topological polar surface area (TPSA) is 58.2 Å². The first-order valence-corrected chi connectivity index (χ1v) is 5.10. The summed E-state index contributed by atoms with van der Waals surface area (Å²) in [5.74, 6) is -0.370. The molecule has 1 rings (SSSR count). The zero-order chi connectivity index (χ0) is 10.4. The van der Waals surface area contributed by atoms with E-state index in [-0.39, 0.29) is 18.4 Å². The maximum atomic E-state index is 11.1. The lowest BCUT2D eigenvalue weighted by molar-refractivity contribution is -0.125. The van der Waals surface area contributed by atoms with Crippen LogP contribution in [0.1, 0.15) is 11.8 Å². The third-order valence-corrected chi connectivity index (χ3v) is 2.41. The molecule has 14 heavy (non-hydrogen) atoms. The van der Waals surface area contributed by atoms with Crippen LogP contribution in [0.15, 0.2) is 17.5 Å². The number of hydrogen-bond acceptors (Lipinski definition) is 3. The lowest BCUT2D eigenvalue weighted by atomic mass is 10.4. The van der Waals surface area contributed by atoms with E-state index in [0.29, 0.717) is 6.54 Å². The fourth-order valence-corrected chi connectivity index (χ4v) is 1.51. The molecule has 0 aliphatic rings. The van der Waals surface area contributed by atoms with E-state index in [9.17, 15) is 9.59 Å². The molecule has 1 heterocycles. The van der Waals surface area contributed by atoms with E-state index >= 15 is 0 Å². The largest absolute Gasteiger partial charge is 0.350 e. The maximum Gasteiger partial charge on any atom is 0.239 e. The summed E-state index contributed by atoms with van der Waals surface area (Å²) in [6.45, 7) is 1.95. The number of nitrogens with one attached hydrogen (secondary N) is 2. The highest BCUT2D eigenvalue weighted by Gasteiger charge is 2.01. The summed E-state index contributed by atoms with van der Waals surface area (Å²) in [4.78, 5) is 22.7. The minimum absolute atomic E-state index is 0.0424. The Morgan fingerprint density at radius 2 is 2.21 bits per heavy atom. The van der Waals surface area contributed by atoms with Crippen LogP contribution >= 0.6 is 11.3 Å². The number of carbonyl (C=O) groups is 2. The quantitative estimate of drug-likeness (QED) is 0.763. The summed E-state index contributed by atoms with van der Waals surface area (Å²) in [6, 6.07) is 3.88. The molecule has 0 aliphatic carbocycles. The average molecular weight is 212 g/mol. The number of thiophene rings is 1. The second-order valence-electron chi connectivity index (χ2n) is 2.77. The van der Waals surface area contributed by atoms with Gasteiger partial charge in [0.05, 0.1) is 13.1 Å². The molecule has 4 nitrogen and oxygen atoms in total. The van der Waals surface area contributed by atoms with Crippen molar-refractivity contribution in [2.75, 3.05) is 6.54 Å². The van der Waals surface area contributed by atoms with Gasteiger partial charge in [-0.15, -0.1) is 11.3 Å². The highest BCUT2D eigenvalue weighted by molar-refractivity contribution is 7.09. The van der Waals surface area contributed by atoms with Gasteiger partial charge >= 0.3 is 0 Å². The molecular formula is C9H12N2O2S. The molecule has 1 aromatic rings. The van der Waals surface area contributed by atoms with Crippen LogP contribution in [0.25, 0.3) is 0 Å². The molecule has 0 saturated carbocycles. The normalized spacial score (nSPS) is 9.50. The highest BCUT2D eigenvalue weighted by atomic mass is 32.1. The zero-order valence-corrected chi connectivity index (χ0v) is 8.69. The Morgan fingerprint density at radius 3 is 2.79 bits per heavy atom. The monoisotopic (exact) mass is 212 g/mol. The van der Waals surface area contributed by atoms with Crippen LogP contribution in [0.4, 0.5) is 0 Å². The predicted octanol–water partition coefficient (Wildman–Crippen LogP) is 0.500. The first kappa shape index (κ1) is 10.7. The summed E-state index contributed by atoms with van der Waals surface area (Å²) in [5, 5.41) is 7.08. The van der Waals surface area contributed by atoms with Crippen LogP contribution in [0.5, 0.6) is 0 Å². The summed E-state index contributed by atoms with van der Waals surface area (Å²) in [5.41, 5.74) is 0. The molecule has 76 valence electrons. The fraction of sp³-hybridized carbons (Fsp3) is 0.333. The van der Waals surface area contributed by atoms with Gasteiger partial charge < -0.3 is 10.6 Å². The molecule has 0 fully saturated rings. The molecule has 0 aliphatic heterocycles. The fourth-order valence-electron chi connectivity index (χ4n) is 0.866. The SMILES string of the molecule is CC(=O)NCC(=O)NCc1cccs1. The first-order chi connectivity index (χ1) is 6.68. The molecule has 0 spiro atoms. The van der Waals surface area contributed by atoms with Crippen molar-refractivity contribution in [3.05, 3.63) is 22.4 Å². The van der Waals surface area contributed by atoms with E-state index in [4.69, 9.17) is 0 Å². The van der Waals surface area contributed by atoms with Gasteiger partial charge in [0.25, 0.3) is 0 Å². The van der Waals surface area contributed by atoms with Crippen LogP contribution in [0, 0.1) is 0 Å². The summed E-state index contributed by atoms with van der Waals surface area (Å²) < 4.78 is 0. The average Bonchev–Trinajstić information content (AvgIpc) is 2.63. The first-order valence-electron chi connectivity index (χ1n) is 4.22. The molecule has 0 aromatic carbocycles. The van der Waals surface area contributed by atoms with E-state index < -0.39 is 0 Å². The lowest BCUT2D eigenvalue weighted by Crippen LogP contribution is -2.35. The Bertz CT molecular complexity index is 309. The second kappa shape index (κ2) is 5.39. The summed E-state index contributed by atoms with van der Waals surface area (Å²) in [7, 11) is 0. The molecule has 2 amide bonds. The smallest absolute Gasteiger partial charge is 0.239 e. The highest BCUT2D eigenvalue weighted by Crippen LogP contribution is 2.06. The van der Waals surface area contributed by atoms with Crippen molar-refractivity contribution in [2.45, 2.75) is 13.5 Å². The van der Waals surface area contributed by atoms with Gasteiger partial charge in [0, 0.05) is 11.8 Å². The zero-order valence-electron chi connectivity index (χ0n) is 7.87. The Kier molecular flexibility index (Phi) is 4.12. The van der Waals surface area contributed by atoms with Crippen molar-refractivity contribution in [1.29, 1.82) is 0 Å². The van der Waals surface area contributed by atoms with Crippen LogP contribution in [0.3, 0.4) is 0 Å². The van der Waals surface area contributed by atoms with Crippen LogP contribution in [-0.4, -0.2) is 18.4 Å². The molecule has 5 heteroatoms. The number of amides is 2. The molecule has 0 bridgehead atoms. The molecule has 0 radical (unpaired) electrons.